The minimum atomic E-state index is -0.466. The second kappa shape index (κ2) is 11.7. The van der Waals surface area contributed by atoms with Gasteiger partial charge in [0, 0.05) is 36.1 Å². The Morgan fingerprint density at radius 1 is 1.05 bits per heavy atom. The van der Waals surface area contributed by atoms with Crippen LogP contribution in [0.2, 0.25) is 5.15 Å². The lowest BCUT2D eigenvalue weighted by atomic mass is 9.90. The summed E-state index contributed by atoms with van der Waals surface area (Å²) in [6.45, 7) is 4.13. The predicted molar refractivity (Wildman–Crippen MR) is 152 cm³/mol. The third-order valence-corrected chi connectivity index (χ3v) is 7.32. The standard InChI is InChI=1S/C27H36ClN9O2/c1-15(2)11-20(29)26(38)34-18-7-5-17(6-8-18)33-24-13-21(32-16-3-4-16)25-31-14-22(37(25)36-24)27(39)35-19-9-10-30-23(28)12-19/h9-10,12-18,20,32H,3-8,11,29H2,1-2H3,(H,33,36)(H,34,38)(H,30,35,39)/t17?,18?,20-/m1/s1. The van der Waals surface area contributed by atoms with Crippen LogP contribution >= 0.6 is 11.6 Å². The van der Waals surface area contributed by atoms with Crippen LogP contribution in [0.4, 0.5) is 17.2 Å². The number of amides is 2. The maximum atomic E-state index is 13.1. The zero-order chi connectivity index (χ0) is 27.5. The SMILES string of the molecule is CC(C)C[C@@H](N)C(=O)NC1CCC(Nc2cc(NC3CC3)c3ncc(C(=O)Nc4ccnc(Cl)c4)n3n2)CC1. The Morgan fingerprint density at radius 3 is 2.44 bits per heavy atom. The number of hydrogen-bond donors (Lipinski definition) is 5. The first kappa shape index (κ1) is 27.1. The van der Waals surface area contributed by atoms with Gasteiger partial charge in [0.25, 0.3) is 5.91 Å². The number of anilines is 3. The van der Waals surface area contributed by atoms with Gasteiger partial charge >= 0.3 is 0 Å². The number of nitrogens with zero attached hydrogens (tertiary/aromatic N) is 4. The van der Waals surface area contributed by atoms with Crippen molar-refractivity contribution < 1.29 is 9.59 Å². The van der Waals surface area contributed by atoms with Gasteiger partial charge in [0.05, 0.1) is 17.9 Å². The molecule has 5 rings (SSSR count). The van der Waals surface area contributed by atoms with Gasteiger partial charge in [-0.3, -0.25) is 9.59 Å². The molecular formula is C27H36ClN9O2. The van der Waals surface area contributed by atoms with E-state index in [1.54, 1.807) is 16.6 Å². The number of carbonyl (C=O) groups excluding carboxylic acids is 2. The van der Waals surface area contributed by atoms with Crippen LogP contribution in [0.3, 0.4) is 0 Å². The number of fused-ring (bicyclic) bond motifs is 1. The molecule has 2 fully saturated rings. The summed E-state index contributed by atoms with van der Waals surface area (Å²) in [5.74, 6) is 0.629. The van der Waals surface area contributed by atoms with Crippen LogP contribution < -0.4 is 27.0 Å². The van der Waals surface area contributed by atoms with Gasteiger partial charge in [0.1, 0.15) is 11.0 Å². The fourth-order valence-electron chi connectivity index (χ4n) is 4.94. The lowest BCUT2D eigenvalue weighted by Gasteiger charge is -2.31. The third kappa shape index (κ3) is 6.96. The number of halogens is 1. The van der Waals surface area contributed by atoms with Gasteiger partial charge in [-0.25, -0.2) is 14.5 Å². The summed E-state index contributed by atoms with van der Waals surface area (Å²) in [5, 5.41) is 18.1. The molecule has 2 aliphatic rings. The Balaban J connectivity index is 1.27. The van der Waals surface area contributed by atoms with Crippen molar-refractivity contribution in [2.24, 2.45) is 11.7 Å². The highest BCUT2D eigenvalue weighted by Crippen LogP contribution is 2.30. The van der Waals surface area contributed by atoms with Crippen molar-refractivity contribution in [2.75, 3.05) is 16.0 Å². The van der Waals surface area contributed by atoms with Gasteiger partial charge in [-0.05, 0) is 63.0 Å². The fourth-order valence-corrected chi connectivity index (χ4v) is 5.11. The molecule has 208 valence electrons. The molecule has 39 heavy (non-hydrogen) atoms. The van der Waals surface area contributed by atoms with Crippen LogP contribution in [-0.2, 0) is 4.79 Å². The van der Waals surface area contributed by atoms with E-state index in [0.29, 0.717) is 46.4 Å². The highest BCUT2D eigenvalue weighted by molar-refractivity contribution is 6.29. The monoisotopic (exact) mass is 553 g/mol. The summed E-state index contributed by atoms with van der Waals surface area (Å²) < 4.78 is 1.58. The van der Waals surface area contributed by atoms with E-state index in [0.717, 1.165) is 44.2 Å². The van der Waals surface area contributed by atoms with Gasteiger partial charge < -0.3 is 27.0 Å². The molecule has 12 heteroatoms. The van der Waals surface area contributed by atoms with E-state index in [4.69, 9.17) is 22.4 Å². The lowest BCUT2D eigenvalue weighted by Crippen LogP contribution is -2.47. The van der Waals surface area contributed by atoms with Crippen molar-refractivity contribution in [3.05, 3.63) is 41.4 Å². The van der Waals surface area contributed by atoms with Crippen molar-refractivity contribution in [2.45, 2.75) is 83.0 Å². The molecule has 0 aromatic carbocycles. The molecule has 3 heterocycles. The van der Waals surface area contributed by atoms with E-state index >= 15 is 0 Å². The average Bonchev–Trinajstić information content (AvgIpc) is 3.60. The van der Waals surface area contributed by atoms with Crippen LogP contribution in [-0.4, -0.2) is 55.6 Å². The summed E-state index contributed by atoms with van der Waals surface area (Å²) in [6.07, 6.45) is 9.44. The number of carbonyl (C=O) groups is 2. The maximum Gasteiger partial charge on any atom is 0.276 e. The summed E-state index contributed by atoms with van der Waals surface area (Å²) in [5.41, 5.74) is 8.33. The number of rotatable bonds is 10. The van der Waals surface area contributed by atoms with Crippen LogP contribution in [0.15, 0.2) is 30.6 Å². The second-order valence-electron chi connectivity index (χ2n) is 11.0. The number of pyridine rings is 1. The van der Waals surface area contributed by atoms with Crippen LogP contribution in [0.1, 0.15) is 69.3 Å². The molecule has 2 saturated carbocycles. The predicted octanol–water partition coefficient (Wildman–Crippen LogP) is 3.82. The van der Waals surface area contributed by atoms with Crippen molar-refractivity contribution in [1.82, 2.24) is 24.9 Å². The van der Waals surface area contributed by atoms with E-state index in [1.165, 1.54) is 12.4 Å². The Bertz CT molecular complexity index is 1330. The molecular weight excluding hydrogens is 518 g/mol. The fraction of sp³-hybridized carbons (Fsp3) is 0.519. The minimum absolute atomic E-state index is 0.0667. The van der Waals surface area contributed by atoms with E-state index in [2.05, 4.69) is 45.1 Å². The van der Waals surface area contributed by atoms with Gasteiger partial charge in [-0.2, -0.15) is 0 Å². The number of aromatic nitrogens is 4. The van der Waals surface area contributed by atoms with E-state index in [9.17, 15) is 9.59 Å². The van der Waals surface area contributed by atoms with E-state index in [1.807, 2.05) is 6.07 Å². The highest BCUT2D eigenvalue weighted by Gasteiger charge is 2.27. The molecule has 6 N–H and O–H groups in total. The molecule has 3 aromatic heterocycles. The Morgan fingerprint density at radius 2 is 1.74 bits per heavy atom. The lowest BCUT2D eigenvalue weighted by molar-refractivity contribution is -0.123. The first-order valence-corrected chi connectivity index (χ1v) is 14.0. The first-order chi connectivity index (χ1) is 18.7. The number of hydrogen-bond acceptors (Lipinski definition) is 8. The molecule has 0 bridgehead atoms. The smallest absolute Gasteiger partial charge is 0.276 e. The first-order valence-electron chi connectivity index (χ1n) is 13.7. The van der Waals surface area contributed by atoms with Crippen molar-refractivity contribution in [3.63, 3.8) is 0 Å². The molecule has 1 atom stereocenters. The van der Waals surface area contributed by atoms with Crippen molar-refractivity contribution >= 4 is 46.3 Å². The molecule has 0 aliphatic heterocycles. The van der Waals surface area contributed by atoms with E-state index in [-0.39, 0.29) is 23.9 Å². The molecule has 2 aliphatic carbocycles. The number of nitrogens with two attached hydrogens (primary N) is 1. The zero-order valence-corrected chi connectivity index (χ0v) is 23.0. The molecule has 0 radical (unpaired) electrons. The molecule has 0 unspecified atom stereocenters. The van der Waals surface area contributed by atoms with Gasteiger partial charge in [-0.15, -0.1) is 5.10 Å². The topological polar surface area (TPSA) is 151 Å². The Labute approximate surface area is 232 Å². The van der Waals surface area contributed by atoms with Gasteiger partial charge in [-0.1, -0.05) is 25.4 Å². The minimum Gasteiger partial charge on any atom is -0.379 e. The van der Waals surface area contributed by atoms with E-state index < -0.39 is 6.04 Å². The summed E-state index contributed by atoms with van der Waals surface area (Å²) in [4.78, 5) is 34.0. The van der Waals surface area contributed by atoms with Crippen LogP contribution in [0, 0.1) is 5.92 Å². The normalized spacial score (nSPS) is 20.0. The molecule has 0 spiro atoms. The number of nitrogens with one attached hydrogen (secondary N) is 4. The molecule has 3 aromatic rings. The average molecular weight is 554 g/mol. The molecule has 2 amide bonds. The summed E-state index contributed by atoms with van der Waals surface area (Å²) in [6, 6.07) is 5.47. The molecule has 0 saturated heterocycles. The number of imidazole rings is 1. The van der Waals surface area contributed by atoms with Gasteiger partial charge in [0.2, 0.25) is 5.91 Å². The zero-order valence-electron chi connectivity index (χ0n) is 22.3. The Kier molecular flexibility index (Phi) is 8.18. The quantitative estimate of drug-likeness (QED) is 0.238. The van der Waals surface area contributed by atoms with Gasteiger partial charge in [0.15, 0.2) is 11.3 Å². The van der Waals surface area contributed by atoms with Crippen LogP contribution in [0.5, 0.6) is 0 Å². The third-order valence-electron chi connectivity index (χ3n) is 7.11. The van der Waals surface area contributed by atoms with Crippen LogP contribution in [0.25, 0.3) is 5.65 Å². The summed E-state index contributed by atoms with van der Waals surface area (Å²) >= 11 is 5.97. The largest absolute Gasteiger partial charge is 0.379 e. The Hall–Kier alpha value is -3.44. The molecule has 11 nitrogen and oxygen atoms in total. The second-order valence-corrected chi connectivity index (χ2v) is 11.4. The van der Waals surface area contributed by atoms with Crippen molar-refractivity contribution in [3.8, 4) is 0 Å². The highest BCUT2D eigenvalue weighted by atomic mass is 35.5. The summed E-state index contributed by atoms with van der Waals surface area (Å²) in [7, 11) is 0. The maximum absolute atomic E-state index is 13.1. The van der Waals surface area contributed by atoms with Crippen molar-refractivity contribution in [1.29, 1.82) is 0 Å².